The van der Waals surface area contributed by atoms with Gasteiger partial charge in [0.2, 0.25) is 0 Å². The zero-order valence-corrected chi connectivity index (χ0v) is 15.3. The SMILES string of the molecule is C[C@@H](Oc1ccccc1C(F)(F)F)C(=O)OC1CCC(NC(=O)C(F)(F)F)CC1. The number of nitrogens with one attached hydrogen (secondary N) is 1. The maximum Gasteiger partial charge on any atom is 0.471 e. The van der Waals surface area contributed by atoms with E-state index in [-0.39, 0.29) is 25.7 Å². The smallest absolute Gasteiger partial charge is 0.471 e. The molecule has 1 aromatic rings. The molecule has 0 saturated heterocycles. The summed E-state index contributed by atoms with van der Waals surface area (Å²) in [6.07, 6.45) is -10.8. The number of hydrogen-bond acceptors (Lipinski definition) is 4. The van der Waals surface area contributed by atoms with Crippen LogP contribution >= 0.6 is 0 Å². The molecule has 0 aliphatic heterocycles. The Morgan fingerprint density at radius 1 is 1.03 bits per heavy atom. The predicted octanol–water partition coefficient (Wildman–Crippen LogP) is 4.01. The Bertz CT molecular complexity index is 726. The van der Waals surface area contributed by atoms with Crippen LogP contribution in [0.2, 0.25) is 0 Å². The first-order valence-corrected chi connectivity index (χ1v) is 8.79. The minimum atomic E-state index is -4.97. The molecule has 0 aromatic heterocycles. The first kappa shape index (κ1) is 22.8. The molecule has 1 amide bonds. The van der Waals surface area contributed by atoms with Crippen LogP contribution in [-0.4, -0.2) is 36.3 Å². The van der Waals surface area contributed by atoms with Crippen molar-refractivity contribution in [2.75, 3.05) is 0 Å². The van der Waals surface area contributed by atoms with Crippen LogP contribution in [0, 0.1) is 0 Å². The minimum Gasteiger partial charge on any atom is -0.478 e. The fraction of sp³-hybridized carbons (Fsp3) is 0.556. The van der Waals surface area contributed by atoms with E-state index in [0.717, 1.165) is 12.1 Å². The van der Waals surface area contributed by atoms with E-state index in [2.05, 4.69) is 0 Å². The van der Waals surface area contributed by atoms with Gasteiger partial charge in [-0.1, -0.05) is 12.1 Å². The van der Waals surface area contributed by atoms with Crippen LogP contribution in [0.5, 0.6) is 5.75 Å². The summed E-state index contributed by atoms with van der Waals surface area (Å²) in [5.41, 5.74) is -1.03. The van der Waals surface area contributed by atoms with Gasteiger partial charge in [0.05, 0.1) is 5.56 Å². The number of halogens is 6. The summed E-state index contributed by atoms with van der Waals surface area (Å²) in [5.74, 6) is -3.42. The normalized spacial score (nSPS) is 21.2. The van der Waals surface area contributed by atoms with Crippen molar-refractivity contribution in [3.05, 3.63) is 29.8 Å². The maximum atomic E-state index is 13.0. The van der Waals surface area contributed by atoms with Crippen LogP contribution < -0.4 is 10.1 Å². The molecular formula is C18H19F6NO4. The van der Waals surface area contributed by atoms with E-state index < -0.39 is 53.8 Å². The highest BCUT2D eigenvalue weighted by Crippen LogP contribution is 2.36. The lowest BCUT2D eigenvalue weighted by atomic mass is 9.93. The number of ether oxygens (including phenoxy) is 2. The van der Waals surface area contributed by atoms with E-state index >= 15 is 0 Å². The minimum absolute atomic E-state index is 0.173. The van der Waals surface area contributed by atoms with Gasteiger partial charge in [-0.2, -0.15) is 26.3 Å². The highest BCUT2D eigenvalue weighted by atomic mass is 19.4. The largest absolute Gasteiger partial charge is 0.478 e. The van der Waals surface area contributed by atoms with Crippen molar-refractivity contribution in [1.82, 2.24) is 5.32 Å². The lowest BCUT2D eigenvalue weighted by molar-refractivity contribution is -0.175. The number of para-hydroxylation sites is 1. The number of benzene rings is 1. The Balaban J connectivity index is 1.85. The van der Waals surface area contributed by atoms with E-state index in [0.29, 0.717) is 0 Å². The second-order valence-electron chi connectivity index (χ2n) is 6.64. The highest BCUT2D eigenvalue weighted by molar-refractivity contribution is 5.81. The quantitative estimate of drug-likeness (QED) is 0.570. The molecule has 1 aliphatic rings. The van der Waals surface area contributed by atoms with E-state index in [1.54, 1.807) is 0 Å². The molecule has 0 unspecified atom stereocenters. The van der Waals surface area contributed by atoms with Gasteiger partial charge in [-0.05, 0) is 44.7 Å². The van der Waals surface area contributed by atoms with Crippen molar-refractivity contribution < 1.29 is 45.4 Å². The third-order valence-corrected chi connectivity index (χ3v) is 4.38. The van der Waals surface area contributed by atoms with E-state index in [4.69, 9.17) is 9.47 Å². The molecule has 29 heavy (non-hydrogen) atoms. The second-order valence-corrected chi connectivity index (χ2v) is 6.64. The van der Waals surface area contributed by atoms with Crippen LogP contribution in [0.3, 0.4) is 0 Å². The van der Waals surface area contributed by atoms with Gasteiger partial charge in [-0.25, -0.2) is 4.79 Å². The average Bonchev–Trinajstić information content (AvgIpc) is 2.62. The molecular weight excluding hydrogens is 408 g/mol. The van der Waals surface area contributed by atoms with Gasteiger partial charge in [0, 0.05) is 6.04 Å². The molecule has 0 radical (unpaired) electrons. The first-order valence-electron chi connectivity index (χ1n) is 8.79. The number of hydrogen-bond donors (Lipinski definition) is 1. The van der Waals surface area contributed by atoms with Gasteiger partial charge < -0.3 is 14.8 Å². The number of amides is 1. The van der Waals surface area contributed by atoms with Gasteiger partial charge in [0.1, 0.15) is 11.9 Å². The molecule has 1 atom stereocenters. The highest BCUT2D eigenvalue weighted by Gasteiger charge is 2.40. The molecule has 0 heterocycles. The molecule has 5 nitrogen and oxygen atoms in total. The van der Waals surface area contributed by atoms with Crippen molar-refractivity contribution in [2.24, 2.45) is 0 Å². The van der Waals surface area contributed by atoms with E-state index in [1.165, 1.54) is 19.1 Å². The van der Waals surface area contributed by atoms with Gasteiger partial charge >= 0.3 is 24.2 Å². The third kappa shape index (κ3) is 6.53. The molecule has 0 spiro atoms. The van der Waals surface area contributed by atoms with Crippen LogP contribution in [0.25, 0.3) is 0 Å². The summed E-state index contributed by atoms with van der Waals surface area (Å²) < 4.78 is 86.0. The lowest BCUT2D eigenvalue weighted by Gasteiger charge is -2.29. The molecule has 1 aromatic carbocycles. The molecule has 162 valence electrons. The summed E-state index contributed by atoms with van der Waals surface area (Å²) in [6, 6.07) is 3.74. The van der Waals surface area contributed by atoms with Crippen LogP contribution in [-0.2, 0) is 20.5 Å². The van der Waals surface area contributed by atoms with Gasteiger partial charge in [0.25, 0.3) is 0 Å². The van der Waals surface area contributed by atoms with Crippen LogP contribution in [0.1, 0.15) is 38.2 Å². The lowest BCUT2D eigenvalue weighted by Crippen LogP contribution is -2.45. The molecule has 0 bridgehead atoms. The number of alkyl halides is 6. The topological polar surface area (TPSA) is 64.6 Å². The van der Waals surface area contributed by atoms with E-state index in [1.807, 2.05) is 5.32 Å². The summed E-state index contributed by atoms with van der Waals surface area (Å²) in [7, 11) is 0. The van der Waals surface area contributed by atoms with Crippen LogP contribution in [0.4, 0.5) is 26.3 Å². The Labute approximate surface area is 162 Å². The second kappa shape index (κ2) is 8.91. The number of rotatable bonds is 5. The molecule has 2 rings (SSSR count). The summed E-state index contributed by atoms with van der Waals surface area (Å²) in [4.78, 5) is 23.1. The van der Waals surface area contributed by atoms with Crippen LogP contribution in [0.15, 0.2) is 24.3 Å². The monoisotopic (exact) mass is 427 g/mol. The molecule has 1 aliphatic carbocycles. The Morgan fingerprint density at radius 3 is 2.17 bits per heavy atom. The zero-order valence-electron chi connectivity index (χ0n) is 15.3. The summed E-state index contributed by atoms with van der Waals surface area (Å²) in [6.45, 7) is 1.24. The van der Waals surface area contributed by atoms with Gasteiger partial charge in [0.15, 0.2) is 6.10 Å². The van der Waals surface area contributed by atoms with Gasteiger partial charge in [-0.15, -0.1) is 0 Å². The molecule has 1 N–H and O–H groups in total. The third-order valence-electron chi connectivity index (χ3n) is 4.38. The number of carbonyl (C=O) groups excluding carboxylic acids is 2. The Hall–Kier alpha value is -2.46. The molecule has 11 heteroatoms. The van der Waals surface area contributed by atoms with Gasteiger partial charge in [-0.3, -0.25) is 4.79 Å². The van der Waals surface area contributed by atoms with Crippen molar-refractivity contribution in [1.29, 1.82) is 0 Å². The van der Waals surface area contributed by atoms with E-state index in [9.17, 15) is 35.9 Å². The summed E-state index contributed by atoms with van der Waals surface area (Å²) >= 11 is 0. The number of esters is 1. The number of carbonyl (C=O) groups is 2. The van der Waals surface area contributed by atoms with Crippen molar-refractivity contribution in [2.45, 2.75) is 63.2 Å². The molecule has 1 fully saturated rings. The first-order chi connectivity index (χ1) is 13.4. The molecule has 1 saturated carbocycles. The standard InChI is InChI=1S/C18H19F6NO4/c1-10(28-14-5-3-2-4-13(14)17(19,20)21)15(26)29-12-8-6-11(7-9-12)25-16(27)18(22,23)24/h2-5,10-12H,6-9H2,1H3,(H,25,27)/t10-,11?,12?/m1/s1. The Kier molecular flexibility index (Phi) is 7.02. The predicted molar refractivity (Wildman–Crippen MR) is 87.9 cm³/mol. The Morgan fingerprint density at radius 2 is 1.62 bits per heavy atom. The average molecular weight is 427 g/mol. The fourth-order valence-corrected chi connectivity index (χ4v) is 2.89. The maximum absolute atomic E-state index is 13.0. The van der Waals surface area contributed by atoms with Crippen molar-refractivity contribution in [3.8, 4) is 5.75 Å². The van der Waals surface area contributed by atoms with Crippen molar-refractivity contribution in [3.63, 3.8) is 0 Å². The zero-order chi connectivity index (χ0) is 21.8. The fourth-order valence-electron chi connectivity index (χ4n) is 2.89. The van der Waals surface area contributed by atoms with Crippen molar-refractivity contribution >= 4 is 11.9 Å². The summed E-state index contributed by atoms with van der Waals surface area (Å²) in [5, 5.41) is 1.87.